The molecule has 94 valence electrons. The van der Waals surface area contributed by atoms with E-state index in [-0.39, 0.29) is 0 Å². The number of hydrogen-bond donors (Lipinski definition) is 1. The molecule has 0 aliphatic heterocycles. The predicted molar refractivity (Wildman–Crippen MR) is 73.3 cm³/mol. The summed E-state index contributed by atoms with van der Waals surface area (Å²) in [7, 11) is 0. The van der Waals surface area contributed by atoms with Crippen LogP contribution in [0.15, 0.2) is 30.9 Å². The van der Waals surface area contributed by atoms with Crippen LogP contribution in [-0.4, -0.2) is 19.8 Å². The van der Waals surface area contributed by atoms with Gasteiger partial charge in [0.2, 0.25) is 0 Å². The normalized spacial score (nSPS) is 12.4. The summed E-state index contributed by atoms with van der Waals surface area (Å²) in [5.41, 5.74) is 4.02. The Morgan fingerprint density at radius 1 is 1.35 bits per heavy atom. The first-order valence-corrected chi connectivity index (χ1v) is 6.14. The minimum Gasteiger partial charge on any atom is -0.376 e. The van der Waals surface area contributed by atoms with E-state index in [0.717, 1.165) is 13.2 Å². The molecule has 0 heterocycles. The van der Waals surface area contributed by atoms with Gasteiger partial charge in [-0.1, -0.05) is 24.3 Å². The highest BCUT2D eigenvalue weighted by Gasteiger charge is 2.05. The highest BCUT2D eigenvalue weighted by atomic mass is 16.5. The van der Waals surface area contributed by atoms with Gasteiger partial charge in [0.25, 0.3) is 0 Å². The van der Waals surface area contributed by atoms with Crippen molar-refractivity contribution < 1.29 is 4.74 Å². The molecule has 1 rings (SSSR count). The Balaban J connectivity index is 2.38. The largest absolute Gasteiger partial charge is 0.376 e. The Labute approximate surface area is 105 Å². The minimum atomic E-state index is 0.363. The number of benzene rings is 1. The first kappa shape index (κ1) is 13.9. The van der Waals surface area contributed by atoms with Gasteiger partial charge in [0.05, 0.1) is 13.2 Å². The van der Waals surface area contributed by atoms with E-state index in [4.69, 9.17) is 4.74 Å². The number of nitrogens with one attached hydrogen (secondary N) is 1. The molecule has 0 aliphatic carbocycles. The molecule has 2 heteroatoms. The number of hydrogen-bond acceptors (Lipinski definition) is 2. The molecule has 0 bridgehead atoms. The zero-order valence-corrected chi connectivity index (χ0v) is 11.1. The van der Waals surface area contributed by atoms with Crippen LogP contribution >= 0.6 is 0 Å². The van der Waals surface area contributed by atoms with Gasteiger partial charge in [0, 0.05) is 12.6 Å². The highest BCUT2D eigenvalue weighted by Crippen LogP contribution is 2.16. The number of aryl methyl sites for hydroxylation is 2. The fourth-order valence-corrected chi connectivity index (χ4v) is 1.67. The van der Waals surface area contributed by atoms with Crippen LogP contribution in [0.3, 0.4) is 0 Å². The van der Waals surface area contributed by atoms with E-state index >= 15 is 0 Å². The summed E-state index contributed by atoms with van der Waals surface area (Å²) in [4.78, 5) is 0. The molecule has 0 radical (unpaired) electrons. The topological polar surface area (TPSA) is 21.3 Å². The molecule has 1 aromatic carbocycles. The lowest BCUT2D eigenvalue weighted by molar-refractivity contribution is 0.162. The van der Waals surface area contributed by atoms with E-state index in [1.807, 2.05) is 0 Å². The van der Waals surface area contributed by atoms with Gasteiger partial charge in [-0.2, -0.15) is 0 Å². The molecule has 1 unspecified atom stereocenters. The lowest BCUT2D eigenvalue weighted by Crippen LogP contribution is -2.23. The van der Waals surface area contributed by atoms with Crippen LogP contribution in [-0.2, 0) is 4.74 Å². The summed E-state index contributed by atoms with van der Waals surface area (Å²) < 4.78 is 5.33. The summed E-state index contributed by atoms with van der Waals surface area (Å²) >= 11 is 0. The van der Waals surface area contributed by atoms with Crippen molar-refractivity contribution in [2.75, 3.05) is 19.8 Å². The average molecular weight is 233 g/mol. The molecule has 0 saturated heterocycles. The average Bonchev–Trinajstić information content (AvgIpc) is 2.32. The zero-order valence-electron chi connectivity index (χ0n) is 11.1. The van der Waals surface area contributed by atoms with Crippen molar-refractivity contribution in [2.45, 2.75) is 26.8 Å². The van der Waals surface area contributed by atoms with E-state index in [0.29, 0.717) is 12.6 Å². The Morgan fingerprint density at radius 3 is 2.76 bits per heavy atom. The molecule has 1 atom stereocenters. The second-order valence-corrected chi connectivity index (χ2v) is 4.38. The quantitative estimate of drug-likeness (QED) is 0.577. The van der Waals surface area contributed by atoms with Crippen molar-refractivity contribution >= 4 is 0 Å². The van der Waals surface area contributed by atoms with Gasteiger partial charge >= 0.3 is 0 Å². The lowest BCUT2D eigenvalue weighted by Gasteiger charge is -2.15. The van der Waals surface area contributed by atoms with E-state index < -0.39 is 0 Å². The molecular formula is C15H23NO. The SMILES string of the molecule is C=CCOCCNC(C)c1ccc(C)c(C)c1. The number of rotatable bonds is 7. The molecule has 17 heavy (non-hydrogen) atoms. The highest BCUT2D eigenvalue weighted by molar-refractivity contribution is 5.31. The molecule has 1 aromatic rings. The Bertz CT molecular complexity index is 360. The predicted octanol–water partition coefficient (Wildman–Crippen LogP) is 3.16. The fourth-order valence-electron chi connectivity index (χ4n) is 1.67. The molecule has 0 aromatic heterocycles. The van der Waals surface area contributed by atoms with Crippen molar-refractivity contribution in [1.82, 2.24) is 5.32 Å². The monoisotopic (exact) mass is 233 g/mol. The maximum Gasteiger partial charge on any atom is 0.0645 e. The molecule has 1 N–H and O–H groups in total. The number of ether oxygens (including phenoxy) is 1. The van der Waals surface area contributed by atoms with Gasteiger partial charge in [0.1, 0.15) is 0 Å². The first-order valence-electron chi connectivity index (χ1n) is 6.14. The van der Waals surface area contributed by atoms with Crippen LogP contribution in [0.25, 0.3) is 0 Å². The molecule has 0 spiro atoms. The molecular weight excluding hydrogens is 210 g/mol. The van der Waals surface area contributed by atoms with Gasteiger partial charge in [-0.05, 0) is 37.5 Å². The minimum absolute atomic E-state index is 0.363. The van der Waals surface area contributed by atoms with Gasteiger partial charge in [-0.15, -0.1) is 6.58 Å². The Hall–Kier alpha value is -1.12. The van der Waals surface area contributed by atoms with Crippen molar-refractivity contribution in [1.29, 1.82) is 0 Å². The van der Waals surface area contributed by atoms with Gasteiger partial charge < -0.3 is 10.1 Å². The maximum atomic E-state index is 5.33. The smallest absolute Gasteiger partial charge is 0.0645 e. The van der Waals surface area contributed by atoms with Crippen molar-refractivity contribution in [3.63, 3.8) is 0 Å². The van der Waals surface area contributed by atoms with Crippen LogP contribution in [0.1, 0.15) is 29.7 Å². The van der Waals surface area contributed by atoms with Crippen LogP contribution in [0.2, 0.25) is 0 Å². The summed E-state index contributed by atoms with van der Waals surface area (Å²) in [5.74, 6) is 0. The Morgan fingerprint density at radius 2 is 2.12 bits per heavy atom. The fraction of sp³-hybridized carbons (Fsp3) is 0.467. The molecule has 0 fully saturated rings. The van der Waals surface area contributed by atoms with E-state index in [1.54, 1.807) is 6.08 Å². The van der Waals surface area contributed by atoms with Crippen LogP contribution in [0.5, 0.6) is 0 Å². The van der Waals surface area contributed by atoms with Crippen molar-refractivity contribution in [2.24, 2.45) is 0 Å². The first-order chi connectivity index (χ1) is 8.15. The summed E-state index contributed by atoms with van der Waals surface area (Å²) in [5, 5.41) is 3.45. The van der Waals surface area contributed by atoms with Gasteiger partial charge in [-0.3, -0.25) is 0 Å². The Kier molecular flexibility index (Phi) is 5.95. The summed E-state index contributed by atoms with van der Waals surface area (Å²) in [6, 6.07) is 6.97. The van der Waals surface area contributed by atoms with Gasteiger partial charge in [0.15, 0.2) is 0 Å². The zero-order chi connectivity index (χ0) is 12.7. The van der Waals surface area contributed by atoms with Crippen LogP contribution in [0, 0.1) is 13.8 Å². The molecule has 2 nitrogen and oxygen atoms in total. The second-order valence-electron chi connectivity index (χ2n) is 4.38. The molecule has 0 saturated carbocycles. The van der Waals surface area contributed by atoms with Crippen LogP contribution in [0.4, 0.5) is 0 Å². The maximum absolute atomic E-state index is 5.33. The third kappa shape index (κ3) is 4.72. The summed E-state index contributed by atoms with van der Waals surface area (Å²) in [6.07, 6.45) is 1.77. The molecule has 0 aliphatic rings. The molecule has 0 amide bonds. The second kappa shape index (κ2) is 7.25. The van der Waals surface area contributed by atoms with Crippen molar-refractivity contribution in [3.8, 4) is 0 Å². The standard InChI is InChI=1S/C15H23NO/c1-5-9-17-10-8-16-14(4)15-7-6-12(2)13(3)11-15/h5-7,11,14,16H,1,8-10H2,2-4H3. The van der Waals surface area contributed by atoms with E-state index in [9.17, 15) is 0 Å². The van der Waals surface area contributed by atoms with Crippen molar-refractivity contribution in [3.05, 3.63) is 47.5 Å². The van der Waals surface area contributed by atoms with E-state index in [2.05, 4.69) is 50.9 Å². The third-order valence-electron chi connectivity index (χ3n) is 2.96. The third-order valence-corrected chi connectivity index (χ3v) is 2.96. The van der Waals surface area contributed by atoms with Crippen LogP contribution < -0.4 is 5.32 Å². The lowest BCUT2D eigenvalue weighted by atomic mass is 10.0. The summed E-state index contributed by atoms with van der Waals surface area (Å²) in [6.45, 7) is 12.3. The van der Waals surface area contributed by atoms with Gasteiger partial charge in [-0.25, -0.2) is 0 Å². The van der Waals surface area contributed by atoms with E-state index in [1.165, 1.54) is 16.7 Å².